The van der Waals surface area contributed by atoms with E-state index in [9.17, 15) is 4.79 Å². The van der Waals surface area contributed by atoms with Gasteiger partial charge in [-0.15, -0.1) is 0 Å². The van der Waals surface area contributed by atoms with Gasteiger partial charge in [0, 0.05) is 19.6 Å². The van der Waals surface area contributed by atoms with E-state index in [1.54, 1.807) is 0 Å². The second-order valence-electron chi connectivity index (χ2n) is 4.76. The fourth-order valence-corrected chi connectivity index (χ4v) is 2.23. The number of amides is 1. The first kappa shape index (κ1) is 14.5. The summed E-state index contributed by atoms with van der Waals surface area (Å²) >= 11 is 0. The van der Waals surface area contributed by atoms with E-state index in [1.165, 1.54) is 0 Å². The number of nitrogens with zero attached hydrogens (tertiary/aromatic N) is 2. The number of ether oxygens (including phenoxy) is 1. The van der Waals surface area contributed by atoms with Gasteiger partial charge in [0.2, 0.25) is 5.91 Å². The molecule has 1 aliphatic rings. The van der Waals surface area contributed by atoms with Gasteiger partial charge in [0.15, 0.2) is 0 Å². The maximum absolute atomic E-state index is 11.7. The highest BCUT2D eigenvalue weighted by atomic mass is 16.5. The monoisotopic (exact) mass is 273 g/mol. The molecule has 1 aromatic carbocycles. The molecule has 1 atom stereocenters. The Morgan fingerprint density at radius 2 is 2.25 bits per heavy atom. The lowest BCUT2D eigenvalue weighted by molar-refractivity contribution is -0.124. The van der Waals surface area contributed by atoms with E-state index in [4.69, 9.17) is 10.00 Å². The highest BCUT2D eigenvalue weighted by Gasteiger charge is 2.23. The van der Waals surface area contributed by atoms with Gasteiger partial charge in [0.1, 0.15) is 0 Å². The quantitative estimate of drug-likeness (QED) is 0.816. The van der Waals surface area contributed by atoms with Crippen LogP contribution in [0.3, 0.4) is 0 Å². The summed E-state index contributed by atoms with van der Waals surface area (Å²) in [6, 6.07) is 12.1. The SMILES string of the molecule is N#CCCNC(=O)CN1CCO[C@H](c2ccccc2)C1. The molecular weight excluding hydrogens is 254 g/mol. The van der Waals surface area contributed by atoms with Crippen LogP contribution < -0.4 is 5.32 Å². The molecule has 0 saturated carbocycles. The third kappa shape index (κ3) is 4.34. The van der Waals surface area contributed by atoms with E-state index in [0.717, 1.165) is 18.7 Å². The number of benzene rings is 1. The van der Waals surface area contributed by atoms with Crippen LogP contribution in [0.4, 0.5) is 0 Å². The Morgan fingerprint density at radius 1 is 1.45 bits per heavy atom. The number of hydrogen-bond donors (Lipinski definition) is 1. The van der Waals surface area contributed by atoms with Crippen molar-refractivity contribution in [2.75, 3.05) is 32.8 Å². The minimum Gasteiger partial charge on any atom is -0.371 e. The zero-order valence-electron chi connectivity index (χ0n) is 11.4. The van der Waals surface area contributed by atoms with Crippen LogP contribution in [0.1, 0.15) is 18.1 Å². The fourth-order valence-electron chi connectivity index (χ4n) is 2.23. The van der Waals surface area contributed by atoms with Crippen LogP contribution in [0.15, 0.2) is 30.3 Å². The summed E-state index contributed by atoms with van der Waals surface area (Å²) in [6.07, 6.45) is 0.374. The van der Waals surface area contributed by atoms with Gasteiger partial charge < -0.3 is 10.1 Å². The summed E-state index contributed by atoms with van der Waals surface area (Å²) in [7, 11) is 0. The molecule has 106 valence electrons. The highest BCUT2D eigenvalue weighted by molar-refractivity contribution is 5.78. The number of rotatable bonds is 5. The Hall–Kier alpha value is -1.90. The van der Waals surface area contributed by atoms with E-state index >= 15 is 0 Å². The average Bonchev–Trinajstić information content (AvgIpc) is 2.49. The number of nitrogens with one attached hydrogen (secondary N) is 1. The molecule has 0 spiro atoms. The van der Waals surface area contributed by atoms with Crippen molar-refractivity contribution in [1.29, 1.82) is 5.26 Å². The van der Waals surface area contributed by atoms with Crippen molar-refractivity contribution < 1.29 is 9.53 Å². The molecule has 20 heavy (non-hydrogen) atoms. The molecule has 5 nitrogen and oxygen atoms in total. The van der Waals surface area contributed by atoms with Gasteiger partial charge in [-0.2, -0.15) is 5.26 Å². The summed E-state index contributed by atoms with van der Waals surface area (Å²) in [5.41, 5.74) is 1.14. The number of nitriles is 1. The Labute approximate surface area is 119 Å². The van der Waals surface area contributed by atoms with Crippen molar-refractivity contribution in [2.45, 2.75) is 12.5 Å². The average molecular weight is 273 g/mol. The first-order chi connectivity index (χ1) is 9.79. The van der Waals surface area contributed by atoms with Crippen LogP contribution in [0.5, 0.6) is 0 Å². The number of carbonyl (C=O) groups is 1. The largest absolute Gasteiger partial charge is 0.371 e. The van der Waals surface area contributed by atoms with Crippen molar-refractivity contribution in [2.24, 2.45) is 0 Å². The molecule has 5 heteroatoms. The van der Waals surface area contributed by atoms with Gasteiger partial charge in [-0.05, 0) is 5.56 Å². The normalized spacial score (nSPS) is 19.2. The molecule has 0 radical (unpaired) electrons. The number of carbonyl (C=O) groups excluding carboxylic acids is 1. The maximum Gasteiger partial charge on any atom is 0.234 e. The summed E-state index contributed by atoms with van der Waals surface area (Å²) in [6.45, 7) is 2.88. The van der Waals surface area contributed by atoms with Gasteiger partial charge >= 0.3 is 0 Å². The lowest BCUT2D eigenvalue weighted by Crippen LogP contribution is -2.44. The summed E-state index contributed by atoms with van der Waals surface area (Å²) < 4.78 is 5.76. The predicted octanol–water partition coefficient (Wildman–Crippen LogP) is 1.09. The van der Waals surface area contributed by atoms with Crippen molar-refractivity contribution >= 4 is 5.91 Å². The van der Waals surface area contributed by atoms with Crippen LogP contribution in [-0.4, -0.2) is 43.6 Å². The lowest BCUT2D eigenvalue weighted by atomic mass is 10.1. The molecule has 1 N–H and O–H groups in total. The minimum atomic E-state index is -0.0334. The molecule has 1 aliphatic heterocycles. The van der Waals surface area contributed by atoms with Gasteiger partial charge in [0.05, 0.1) is 31.7 Å². The summed E-state index contributed by atoms with van der Waals surface area (Å²) in [5.74, 6) is -0.0334. The third-order valence-electron chi connectivity index (χ3n) is 3.25. The summed E-state index contributed by atoms with van der Waals surface area (Å²) in [5, 5.41) is 11.2. The Balaban J connectivity index is 1.82. The van der Waals surface area contributed by atoms with E-state index in [1.807, 2.05) is 36.4 Å². The zero-order valence-corrected chi connectivity index (χ0v) is 11.4. The molecule has 1 aromatic rings. The smallest absolute Gasteiger partial charge is 0.234 e. The minimum absolute atomic E-state index is 0.0249. The molecule has 1 fully saturated rings. The van der Waals surface area contributed by atoms with E-state index in [0.29, 0.717) is 26.1 Å². The van der Waals surface area contributed by atoms with Crippen LogP contribution in [0, 0.1) is 11.3 Å². The van der Waals surface area contributed by atoms with Gasteiger partial charge in [-0.1, -0.05) is 30.3 Å². The molecule has 0 aliphatic carbocycles. The van der Waals surface area contributed by atoms with E-state index in [2.05, 4.69) is 10.2 Å². The zero-order chi connectivity index (χ0) is 14.2. The lowest BCUT2D eigenvalue weighted by Gasteiger charge is -2.32. The molecule has 1 amide bonds. The fraction of sp³-hybridized carbons (Fsp3) is 0.467. The molecule has 1 heterocycles. The predicted molar refractivity (Wildman–Crippen MR) is 74.8 cm³/mol. The van der Waals surface area contributed by atoms with Crippen LogP contribution >= 0.6 is 0 Å². The van der Waals surface area contributed by atoms with Gasteiger partial charge in [0.25, 0.3) is 0 Å². The molecule has 0 unspecified atom stereocenters. The van der Waals surface area contributed by atoms with Crippen LogP contribution in [-0.2, 0) is 9.53 Å². The second-order valence-corrected chi connectivity index (χ2v) is 4.76. The van der Waals surface area contributed by atoms with Crippen molar-refractivity contribution in [1.82, 2.24) is 10.2 Å². The van der Waals surface area contributed by atoms with Crippen LogP contribution in [0.2, 0.25) is 0 Å². The topological polar surface area (TPSA) is 65.4 Å². The third-order valence-corrected chi connectivity index (χ3v) is 3.25. The highest BCUT2D eigenvalue weighted by Crippen LogP contribution is 2.21. The second kappa shape index (κ2) is 7.63. The molecule has 2 rings (SSSR count). The molecule has 0 aromatic heterocycles. The van der Waals surface area contributed by atoms with Crippen molar-refractivity contribution in [3.63, 3.8) is 0 Å². The first-order valence-corrected chi connectivity index (χ1v) is 6.82. The van der Waals surface area contributed by atoms with Gasteiger partial charge in [-0.25, -0.2) is 0 Å². The number of morpholine rings is 1. The standard InChI is InChI=1S/C15H19N3O2/c16-7-4-8-17-15(19)12-18-9-10-20-14(11-18)13-5-2-1-3-6-13/h1-3,5-6,14H,4,8-12H2,(H,17,19)/t14-/m0/s1. The Kier molecular flexibility index (Phi) is 5.54. The first-order valence-electron chi connectivity index (χ1n) is 6.82. The van der Waals surface area contributed by atoms with Gasteiger partial charge in [-0.3, -0.25) is 9.69 Å². The Bertz CT molecular complexity index is 470. The number of hydrogen-bond acceptors (Lipinski definition) is 4. The van der Waals surface area contributed by atoms with E-state index < -0.39 is 0 Å². The molecule has 0 bridgehead atoms. The van der Waals surface area contributed by atoms with E-state index in [-0.39, 0.29) is 12.0 Å². The Morgan fingerprint density at radius 3 is 3.00 bits per heavy atom. The van der Waals surface area contributed by atoms with Crippen molar-refractivity contribution in [3.05, 3.63) is 35.9 Å². The van der Waals surface area contributed by atoms with Crippen molar-refractivity contribution in [3.8, 4) is 6.07 Å². The molecular formula is C15H19N3O2. The molecule has 1 saturated heterocycles. The summed E-state index contributed by atoms with van der Waals surface area (Å²) in [4.78, 5) is 13.8. The maximum atomic E-state index is 11.7. The van der Waals surface area contributed by atoms with Crippen LogP contribution in [0.25, 0.3) is 0 Å².